The molecule has 1 aromatic heterocycles. The van der Waals surface area contributed by atoms with Crippen LogP contribution in [-0.2, 0) is 32.7 Å². The average Bonchev–Trinajstić information content (AvgIpc) is 3.18. The maximum absolute atomic E-state index is 12.9. The fraction of sp³-hybridized carbons (Fsp3) is 0.773. The number of hydrogen-bond acceptors (Lipinski definition) is 6. The standard InChI is InChI=1S/C22H33N5O4/c1-25-14-23-10-17(25)12-27-11-15(8-20(28)24-16-2-3-16)22-18(27)13-31-19(22)9-21(29)26-4-6-30-7-5-26/h10,14-16,18-19,22H,2-9,11-13H2,1H3,(H,24,28)/t15-,18-,19+,22-/m1/s1. The Bertz CT molecular complexity index is 804. The molecule has 1 aromatic rings. The molecule has 0 aromatic carbocycles. The van der Waals surface area contributed by atoms with Gasteiger partial charge in [0, 0.05) is 63.8 Å². The first kappa shape index (κ1) is 20.9. The summed E-state index contributed by atoms with van der Waals surface area (Å²) in [4.78, 5) is 34.1. The summed E-state index contributed by atoms with van der Waals surface area (Å²) in [5.41, 5.74) is 1.15. The van der Waals surface area contributed by atoms with Crippen LogP contribution < -0.4 is 5.32 Å². The fourth-order valence-electron chi connectivity index (χ4n) is 5.41. The number of carbonyl (C=O) groups excluding carboxylic acids is 2. The highest BCUT2D eigenvalue weighted by atomic mass is 16.5. The van der Waals surface area contributed by atoms with Crippen LogP contribution in [0.25, 0.3) is 0 Å². The zero-order valence-electron chi connectivity index (χ0n) is 18.2. The van der Waals surface area contributed by atoms with Crippen LogP contribution in [-0.4, -0.2) is 88.8 Å². The van der Waals surface area contributed by atoms with E-state index in [-0.39, 0.29) is 35.8 Å². The van der Waals surface area contributed by atoms with Crippen molar-refractivity contribution in [2.45, 2.75) is 50.4 Å². The first-order valence-corrected chi connectivity index (χ1v) is 11.5. The average molecular weight is 432 g/mol. The van der Waals surface area contributed by atoms with Crippen LogP contribution in [0.1, 0.15) is 31.4 Å². The van der Waals surface area contributed by atoms with E-state index >= 15 is 0 Å². The Kier molecular flexibility index (Phi) is 5.99. The number of morpholine rings is 1. The molecule has 2 amide bonds. The van der Waals surface area contributed by atoms with Crippen LogP contribution in [0.2, 0.25) is 0 Å². The third-order valence-electron chi connectivity index (χ3n) is 7.25. The molecule has 3 aliphatic heterocycles. The monoisotopic (exact) mass is 431 g/mol. The van der Waals surface area contributed by atoms with Gasteiger partial charge in [0.25, 0.3) is 0 Å². The molecule has 0 unspecified atom stereocenters. The summed E-state index contributed by atoms with van der Waals surface area (Å²) >= 11 is 0. The Labute approximate surface area is 183 Å². The van der Waals surface area contributed by atoms with Gasteiger partial charge in [-0.15, -0.1) is 0 Å². The van der Waals surface area contributed by atoms with E-state index < -0.39 is 0 Å². The van der Waals surface area contributed by atoms with Crippen molar-refractivity contribution in [2.75, 3.05) is 39.5 Å². The highest BCUT2D eigenvalue weighted by Gasteiger charge is 2.51. The number of aryl methyl sites for hydroxylation is 1. The number of aromatic nitrogens is 2. The van der Waals surface area contributed by atoms with Gasteiger partial charge in [0.2, 0.25) is 11.8 Å². The Morgan fingerprint density at radius 1 is 1.23 bits per heavy atom. The number of likely N-dealkylation sites (tertiary alicyclic amines) is 1. The SMILES string of the molecule is Cn1cncc1CN1C[C@@H](CC(=O)NC2CC2)[C@H]2[C@H](CC(=O)N3CCOCC3)OC[C@H]21. The summed E-state index contributed by atoms with van der Waals surface area (Å²) in [6, 6.07) is 0.602. The van der Waals surface area contributed by atoms with Gasteiger partial charge in [-0.3, -0.25) is 14.5 Å². The Morgan fingerprint density at radius 2 is 2.03 bits per heavy atom. The largest absolute Gasteiger partial charge is 0.378 e. The number of carbonyl (C=O) groups is 2. The predicted octanol–water partition coefficient (Wildman–Crippen LogP) is 0.153. The second-order valence-corrected chi connectivity index (χ2v) is 9.45. The van der Waals surface area contributed by atoms with Crippen LogP contribution in [0.5, 0.6) is 0 Å². The molecular weight excluding hydrogens is 398 g/mol. The summed E-state index contributed by atoms with van der Waals surface area (Å²) < 4.78 is 13.6. The van der Waals surface area contributed by atoms with Crippen LogP contribution in [0.4, 0.5) is 0 Å². The van der Waals surface area contributed by atoms with Crippen molar-refractivity contribution in [2.24, 2.45) is 18.9 Å². The molecule has 0 spiro atoms. The van der Waals surface area contributed by atoms with E-state index in [4.69, 9.17) is 9.47 Å². The van der Waals surface area contributed by atoms with Gasteiger partial charge < -0.3 is 24.3 Å². The highest BCUT2D eigenvalue weighted by molar-refractivity contribution is 5.78. The lowest BCUT2D eigenvalue weighted by Gasteiger charge is -2.29. The van der Waals surface area contributed by atoms with Crippen LogP contribution in [0.15, 0.2) is 12.5 Å². The van der Waals surface area contributed by atoms with E-state index in [1.54, 1.807) is 0 Å². The van der Waals surface area contributed by atoms with Crippen molar-refractivity contribution in [3.63, 3.8) is 0 Å². The number of fused-ring (bicyclic) bond motifs is 1. The molecule has 4 atom stereocenters. The zero-order chi connectivity index (χ0) is 21.4. The molecule has 4 fully saturated rings. The molecule has 1 N–H and O–H groups in total. The van der Waals surface area contributed by atoms with Crippen LogP contribution >= 0.6 is 0 Å². The van der Waals surface area contributed by atoms with Gasteiger partial charge in [-0.25, -0.2) is 4.98 Å². The minimum absolute atomic E-state index is 0.129. The molecule has 1 aliphatic carbocycles. The van der Waals surface area contributed by atoms with E-state index in [9.17, 15) is 9.59 Å². The molecule has 0 bridgehead atoms. The first-order chi connectivity index (χ1) is 15.1. The molecule has 170 valence electrons. The van der Waals surface area contributed by atoms with Crippen LogP contribution in [0.3, 0.4) is 0 Å². The third-order valence-corrected chi connectivity index (χ3v) is 7.25. The first-order valence-electron chi connectivity index (χ1n) is 11.5. The number of rotatable bonds is 7. The molecule has 3 saturated heterocycles. The molecule has 9 heteroatoms. The number of nitrogens with one attached hydrogen (secondary N) is 1. The van der Waals surface area contributed by atoms with E-state index in [2.05, 4.69) is 15.2 Å². The summed E-state index contributed by atoms with van der Waals surface area (Å²) in [6.45, 7) is 4.76. The maximum atomic E-state index is 12.9. The second-order valence-electron chi connectivity index (χ2n) is 9.45. The van der Waals surface area contributed by atoms with Crippen molar-refractivity contribution in [1.82, 2.24) is 24.7 Å². The summed E-state index contributed by atoms with van der Waals surface area (Å²) in [5.74, 6) is 0.671. The predicted molar refractivity (Wildman–Crippen MR) is 112 cm³/mol. The topological polar surface area (TPSA) is 88.9 Å². The summed E-state index contributed by atoms with van der Waals surface area (Å²) in [6.07, 6.45) is 6.67. The summed E-state index contributed by atoms with van der Waals surface area (Å²) in [5, 5.41) is 3.14. The van der Waals surface area contributed by atoms with Crippen molar-refractivity contribution in [1.29, 1.82) is 0 Å². The normalized spacial score (nSPS) is 31.1. The van der Waals surface area contributed by atoms with Gasteiger partial charge >= 0.3 is 0 Å². The molecule has 5 rings (SSSR count). The Hall–Kier alpha value is -1.97. The van der Waals surface area contributed by atoms with Gasteiger partial charge in [-0.05, 0) is 18.8 Å². The molecule has 1 saturated carbocycles. The van der Waals surface area contributed by atoms with E-state index in [0.717, 1.165) is 31.6 Å². The minimum atomic E-state index is -0.129. The van der Waals surface area contributed by atoms with Gasteiger partial charge in [0.15, 0.2) is 0 Å². The quantitative estimate of drug-likeness (QED) is 0.661. The minimum Gasteiger partial charge on any atom is -0.378 e. The molecule has 9 nitrogen and oxygen atoms in total. The number of nitrogens with zero attached hydrogens (tertiary/aromatic N) is 4. The summed E-state index contributed by atoms with van der Waals surface area (Å²) in [7, 11) is 2.01. The number of ether oxygens (including phenoxy) is 2. The van der Waals surface area contributed by atoms with E-state index in [1.807, 2.05) is 29.0 Å². The van der Waals surface area contributed by atoms with E-state index in [0.29, 0.717) is 51.8 Å². The zero-order valence-corrected chi connectivity index (χ0v) is 18.2. The smallest absolute Gasteiger partial charge is 0.225 e. The van der Waals surface area contributed by atoms with Gasteiger partial charge in [-0.1, -0.05) is 0 Å². The van der Waals surface area contributed by atoms with Crippen molar-refractivity contribution in [3.8, 4) is 0 Å². The highest BCUT2D eigenvalue weighted by Crippen LogP contribution is 2.42. The number of amides is 2. The van der Waals surface area contributed by atoms with Crippen molar-refractivity contribution in [3.05, 3.63) is 18.2 Å². The molecule has 4 heterocycles. The number of hydrogen-bond donors (Lipinski definition) is 1. The number of imidazole rings is 1. The molecule has 4 aliphatic rings. The van der Waals surface area contributed by atoms with Crippen molar-refractivity contribution < 1.29 is 19.1 Å². The van der Waals surface area contributed by atoms with Gasteiger partial charge in [-0.2, -0.15) is 0 Å². The lowest BCUT2D eigenvalue weighted by Crippen LogP contribution is -2.43. The second kappa shape index (κ2) is 8.88. The molecule has 0 radical (unpaired) electrons. The molecular formula is C22H33N5O4. The van der Waals surface area contributed by atoms with Gasteiger partial charge in [0.05, 0.1) is 44.4 Å². The third kappa shape index (κ3) is 4.63. The Balaban J connectivity index is 1.28. The Morgan fingerprint density at radius 3 is 2.74 bits per heavy atom. The lowest BCUT2D eigenvalue weighted by atomic mass is 9.84. The fourth-order valence-corrected chi connectivity index (χ4v) is 5.41. The lowest BCUT2D eigenvalue weighted by molar-refractivity contribution is -0.138. The van der Waals surface area contributed by atoms with Gasteiger partial charge in [0.1, 0.15) is 0 Å². The van der Waals surface area contributed by atoms with E-state index in [1.165, 1.54) is 0 Å². The van der Waals surface area contributed by atoms with Crippen LogP contribution in [0, 0.1) is 11.8 Å². The molecule has 31 heavy (non-hydrogen) atoms. The van der Waals surface area contributed by atoms with Crippen molar-refractivity contribution >= 4 is 11.8 Å². The maximum Gasteiger partial charge on any atom is 0.225 e.